The molecular weight excluding hydrogens is 280 g/mol. The molecule has 22 heavy (non-hydrogen) atoms. The number of ether oxygens (including phenoxy) is 1. The van der Waals surface area contributed by atoms with Gasteiger partial charge in [0, 0.05) is 18.7 Å². The van der Waals surface area contributed by atoms with Gasteiger partial charge in [-0.05, 0) is 17.7 Å². The molecule has 3 rings (SSSR count). The van der Waals surface area contributed by atoms with Crippen molar-refractivity contribution < 1.29 is 4.74 Å². The summed E-state index contributed by atoms with van der Waals surface area (Å²) in [7, 11) is 1.49. The Balaban J connectivity index is 2.00. The van der Waals surface area contributed by atoms with Gasteiger partial charge in [0.2, 0.25) is 0 Å². The molecule has 1 aromatic carbocycles. The number of nitrogens with zero attached hydrogens (tertiary/aromatic N) is 3. The summed E-state index contributed by atoms with van der Waals surface area (Å²) in [5.41, 5.74) is 1.71. The molecule has 0 aliphatic heterocycles. The van der Waals surface area contributed by atoms with E-state index in [-0.39, 0.29) is 11.5 Å². The van der Waals surface area contributed by atoms with Crippen LogP contribution in [0.25, 0.3) is 0 Å². The lowest BCUT2D eigenvalue weighted by Crippen LogP contribution is -2.24. The van der Waals surface area contributed by atoms with Crippen LogP contribution < -0.4 is 10.3 Å². The fourth-order valence-electron chi connectivity index (χ4n) is 2.44. The number of aromatic amines is 1. The first-order valence-electron chi connectivity index (χ1n) is 6.93. The number of nitrogens with one attached hydrogen (secondary N) is 1. The number of aromatic nitrogens is 4. The van der Waals surface area contributed by atoms with Gasteiger partial charge in [0.05, 0.1) is 19.0 Å². The zero-order chi connectivity index (χ0) is 15.4. The maximum atomic E-state index is 12.3. The minimum Gasteiger partial charge on any atom is -0.491 e. The predicted octanol–water partition coefficient (Wildman–Crippen LogP) is 1.81. The number of benzene rings is 1. The van der Waals surface area contributed by atoms with E-state index < -0.39 is 0 Å². The third kappa shape index (κ3) is 2.76. The first kappa shape index (κ1) is 14.1. The molecule has 0 bridgehead atoms. The normalized spacial score (nSPS) is 12.0. The summed E-state index contributed by atoms with van der Waals surface area (Å²) in [4.78, 5) is 12.3. The highest BCUT2D eigenvalue weighted by Crippen LogP contribution is 2.23. The van der Waals surface area contributed by atoms with Crippen molar-refractivity contribution >= 4 is 0 Å². The molecule has 112 valence electrons. The Kier molecular flexibility index (Phi) is 4.00. The van der Waals surface area contributed by atoms with E-state index in [1.54, 1.807) is 29.1 Å². The SMILES string of the molecule is COc1cccn(CC(c2ccccc2)c2cn[nH]n2)c1=O. The Labute approximate surface area is 127 Å². The molecule has 0 saturated heterocycles. The average molecular weight is 296 g/mol. The highest BCUT2D eigenvalue weighted by molar-refractivity contribution is 5.27. The molecule has 3 aromatic rings. The molecule has 0 spiro atoms. The van der Waals surface area contributed by atoms with Crippen molar-refractivity contribution in [1.82, 2.24) is 20.0 Å². The Hall–Kier alpha value is -2.89. The van der Waals surface area contributed by atoms with E-state index in [0.717, 1.165) is 11.3 Å². The molecule has 6 heteroatoms. The number of rotatable bonds is 5. The summed E-state index contributed by atoms with van der Waals surface area (Å²) < 4.78 is 6.73. The van der Waals surface area contributed by atoms with E-state index in [1.165, 1.54) is 7.11 Å². The molecule has 0 amide bonds. The van der Waals surface area contributed by atoms with Crippen LogP contribution >= 0.6 is 0 Å². The van der Waals surface area contributed by atoms with E-state index in [2.05, 4.69) is 15.4 Å². The second-order valence-electron chi connectivity index (χ2n) is 4.89. The van der Waals surface area contributed by atoms with Crippen LogP contribution in [0.4, 0.5) is 0 Å². The minimum absolute atomic E-state index is 0.0650. The number of methoxy groups -OCH3 is 1. The van der Waals surface area contributed by atoms with Crippen molar-refractivity contribution in [3.63, 3.8) is 0 Å². The largest absolute Gasteiger partial charge is 0.491 e. The molecular formula is C16H16N4O2. The van der Waals surface area contributed by atoms with Crippen molar-refractivity contribution in [2.45, 2.75) is 12.5 Å². The molecule has 0 aliphatic carbocycles. The third-order valence-electron chi connectivity index (χ3n) is 3.58. The van der Waals surface area contributed by atoms with Gasteiger partial charge < -0.3 is 9.30 Å². The van der Waals surface area contributed by atoms with Crippen LogP contribution in [0.1, 0.15) is 17.2 Å². The first-order chi connectivity index (χ1) is 10.8. The maximum Gasteiger partial charge on any atom is 0.292 e. The highest BCUT2D eigenvalue weighted by atomic mass is 16.5. The van der Waals surface area contributed by atoms with Crippen LogP contribution in [0.5, 0.6) is 5.75 Å². The van der Waals surface area contributed by atoms with Gasteiger partial charge in [-0.3, -0.25) is 4.79 Å². The third-order valence-corrected chi connectivity index (χ3v) is 3.58. The molecule has 2 heterocycles. The minimum atomic E-state index is -0.158. The van der Waals surface area contributed by atoms with Crippen molar-refractivity contribution in [3.05, 3.63) is 76.5 Å². The predicted molar refractivity (Wildman–Crippen MR) is 81.9 cm³/mol. The zero-order valence-electron chi connectivity index (χ0n) is 12.1. The smallest absolute Gasteiger partial charge is 0.292 e. The van der Waals surface area contributed by atoms with Crippen LogP contribution in [0.2, 0.25) is 0 Å². The molecule has 1 N–H and O–H groups in total. The number of hydrogen-bond acceptors (Lipinski definition) is 4. The van der Waals surface area contributed by atoms with Crippen LogP contribution in [0, 0.1) is 0 Å². The summed E-state index contributed by atoms with van der Waals surface area (Å²) in [5.74, 6) is 0.263. The quantitative estimate of drug-likeness (QED) is 0.779. The van der Waals surface area contributed by atoms with Crippen LogP contribution in [0.15, 0.2) is 59.7 Å². The van der Waals surface area contributed by atoms with E-state index >= 15 is 0 Å². The van der Waals surface area contributed by atoms with Crippen LogP contribution in [-0.2, 0) is 6.54 Å². The molecule has 1 unspecified atom stereocenters. The summed E-state index contributed by atoms with van der Waals surface area (Å²) in [5, 5.41) is 10.7. The summed E-state index contributed by atoms with van der Waals surface area (Å²) in [6, 6.07) is 13.4. The van der Waals surface area contributed by atoms with Crippen molar-refractivity contribution in [3.8, 4) is 5.75 Å². The summed E-state index contributed by atoms with van der Waals surface area (Å²) in [6.07, 6.45) is 3.43. The second kappa shape index (κ2) is 6.26. The topological polar surface area (TPSA) is 72.8 Å². The van der Waals surface area contributed by atoms with Crippen LogP contribution in [0.3, 0.4) is 0 Å². The number of H-pyrrole nitrogens is 1. The fraction of sp³-hybridized carbons (Fsp3) is 0.188. The molecule has 2 aromatic heterocycles. The van der Waals surface area contributed by atoms with Gasteiger partial charge in [-0.2, -0.15) is 15.4 Å². The summed E-state index contributed by atoms with van der Waals surface area (Å²) >= 11 is 0. The monoisotopic (exact) mass is 296 g/mol. The molecule has 0 radical (unpaired) electrons. The number of hydrogen-bond donors (Lipinski definition) is 1. The van der Waals surface area contributed by atoms with Gasteiger partial charge in [-0.1, -0.05) is 30.3 Å². The zero-order valence-corrected chi connectivity index (χ0v) is 12.1. The molecule has 1 atom stereocenters. The molecule has 0 fully saturated rings. The number of pyridine rings is 1. The Morgan fingerprint density at radius 1 is 1.23 bits per heavy atom. The summed E-state index contributed by atoms with van der Waals surface area (Å²) in [6.45, 7) is 0.465. The Morgan fingerprint density at radius 3 is 2.73 bits per heavy atom. The van der Waals surface area contributed by atoms with E-state index in [9.17, 15) is 4.79 Å². The lowest BCUT2D eigenvalue weighted by atomic mass is 9.96. The highest BCUT2D eigenvalue weighted by Gasteiger charge is 2.18. The first-order valence-corrected chi connectivity index (χ1v) is 6.93. The lowest BCUT2D eigenvalue weighted by Gasteiger charge is -2.17. The fourth-order valence-corrected chi connectivity index (χ4v) is 2.44. The van der Waals surface area contributed by atoms with Gasteiger partial charge in [-0.25, -0.2) is 0 Å². The Bertz CT molecular complexity index is 781. The van der Waals surface area contributed by atoms with Crippen molar-refractivity contribution in [2.24, 2.45) is 0 Å². The standard InChI is InChI=1S/C16H16N4O2/c1-22-15-8-5-9-20(16(15)21)11-13(14-10-17-19-18-14)12-6-3-2-4-7-12/h2-10,13H,11H2,1H3,(H,17,18,19). The lowest BCUT2D eigenvalue weighted by molar-refractivity contribution is 0.401. The van der Waals surface area contributed by atoms with Crippen molar-refractivity contribution in [1.29, 1.82) is 0 Å². The van der Waals surface area contributed by atoms with Gasteiger partial charge in [0.15, 0.2) is 5.75 Å². The van der Waals surface area contributed by atoms with Crippen molar-refractivity contribution in [2.75, 3.05) is 7.11 Å². The van der Waals surface area contributed by atoms with Gasteiger partial charge in [0.1, 0.15) is 0 Å². The van der Waals surface area contributed by atoms with Gasteiger partial charge in [0.25, 0.3) is 5.56 Å². The van der Waals surface area contributed by atoms with E-state index in [4.69, 9.17) is 4.74 Å². The molecule has 0 saturated carbocycles. The van der Waals surface area contributed by atoms with E-state index in [0.29, 0.717) is 12.3 Å². The maximum absolute atomic E-state index is 12.3. The van der Waals surface area contributed by atoms with Crippen LogP contribution in [-0.4, -0.2) is 27.1 Å². The average Bonchev–Trinajstić information content (AvgIpc) is 3.09. The van der Waals surface area contributed by atoms with E-state index in [1.807, 2.05) is 30.3 Å². The van der Waals surface area contributed by atoms with Gasteiger partial charge >= 0.3 is 0 Å². The Morgan fingerprint density at radius 2 is 2.05 bits per heavy atom. The molecule has 0 aliphatic rings. The van der Waals surface area contributed by atoms with Gasteiger partial charge in [-0.15, -0.1) is 0 Å². The second-order valence-corrected chi connectivity index (χ2v) is 4.89. The molecule has 6 nitrogen and oxygen atoms in total.